The summed E-state index contributed by atoms with van der Waals surface area (Å²) in [6.45, 7) is 2.12. The van der Waals surface area contributed by atoms with E-state index >= 15 is 0 Å². The lowest BCUT2D eigenvalue weighted by atomic mass is 9.92. The van der Waals surface area contributed by atoms with E-state index < -0.39 is 0 Å². The van der Waals surface area contributed by atoms with Gasteiger partial charge in [-0.1, -0.05) is 17.7 Å². The average Bonchev–Trinajstić information content (AvgIpc) is 2.35. The molecular formula is C13H18ClNO2. The number of benzene rings is 1. The van der Waals surface area contributed by atoms with E-state index in [1.807, 2.05) is 6.07 Å². The molecule has 3 nitrogen and oxygen atoms in total. The highest BCUT2D eigenvalue weighted by Crippen LogP contribution is 2.38. The van der Waals surface area contributed by atoms with Gasteiger partial charge in [0.2, 0.25) is 0 Å². The van der Waals surface area contributed by atoms with Gasteiger partial charge in [-0.15, -0.1) is 0 Å². The predicted molar refractivity (Wildman–Crippen MR) is 69.0 cm³/mol. The largest absolute Gasteiger partial charge is 0.504 e. The lowest BCUT2D eigenvalue weighted by Gasteiger charge is -2.23. The first-order chi connectivity index (χ1) is 8.22. The number of aromatic hydroxyl groups is 1. The summed E-state index contributed by atoms with van der Waals surface area (Å²) >= 11 is 5.95. The highest BCUT2D eigenvalue weighted by atomic mass is 35.5. The van der Waals surface area contributed by atoms with E-state index in [1.54, 1.807) is 6.07 Å². The van der Waals surface area contributed by atoms with Crippen LogP contribution in [-0.4, -0.2) is 25.3 Å². The van der Waals surface area contributed by atoms with E-state index in [0.29, 0.717) is 16.7 Å². The zero-order chi connectivity index (χ0) is 12.3. The first kappa shape index (κ1) is 12.5. The number of phenols is 1. The minimum atomic E-state index is 0.186. The highest BCUT2D eigenvalue weighted by Gasteiger charge is 2.18. The Hall–Kier alpha value is -0.930. The van der Waals surface area contributed by atoms with Crippen LogP contribution in [0.1, 0.15) is 18.4 Å². The summed E-state index contributed by atoms with van der Waals surface area (Å²) in [5.41, 5.74) is 0.917. The fraction of sp³-hybridized carbons (Fsp3) is 0.538. The van der Waals surface area contributed by atoms with Crippen LogP contribution in [-0.2, 0) is 6.42 Å². The third-order valence-corrected chi connectivity index (χ3v) is 3.58. The number of halogens is 1. The second kappa shape index (κ2) is 5.61. The van der Waals surface area contributed by atoms with Crippen molar-refractivity contribution in [1.29, 1.82) is 0 Å². The van der Waals surface area contributed by atoms with Crippen molar-refractivity contribution in [3.05, 3.63) is 22.7 Å². The fourth-order valence-electron chi connectivity index (χ4n) is 2.36. The van der Waals surface area contributed by atoms with Crippen molar-refractivity contribution in [2.24, 2.45) is 5.92 Å². The zero-order valence-corrected chi connectivity index (χ0v) is 10.8. The number of ether oxygens (including phenoxy) is 1. The van der Waals surface area contributed by atoms with Gasteiger partial charge in [-0.3, -0.25) is 0 Å². The molecule has 0 amide bonds. The molecule has 94 valence electrons. The van der Waals surface area contributed by atoms with E-state index in [1.165, 1.54) is 20.0 Å². The van der Waals surface area contributed by atoms with Crippen molar-refractivity contribution in [3.8, 4) is 11.5 Å². The van der Waals surface area contributed by atoms with Crippen LogP contribution in [0.2, 0.25) is 5.02 Å². The van der Waals surface area contributed by atoms with Crippen molar-refractivity contribution >= 4 is 11.6 Å². The number of phenolic OH excluding ortho intramolecular Hbond substituents is 1. The number of piperidine rings is 1. The fourth-order valence-corrected chi connectivity index (χ4v) is 2.59. The van der Waals surface area contributed by atoms with Crippen LogP contribution in [0.3, 0.4) is 0 Å². The van der Waals surface area contributed by atoms with Crippen LogP contribution >= 0.6 is 11.6 Å². The molecule has 1 aliphatic heterocycles. The smallest absolute Gasteiger partial charge is 0.179 e. The number of rotatable bonds is 3. The Kier molecular flexibility index (Phi) is 4.13. The van der Waals surface area contributed by atoms with Crippen molar-refractivity contribution in [2.45, 2.75) is 19.3 Å². The van der Waals surface area contributed by atoms with Gasteiger partial charge in [0.1, 0.15) is 0 Å². The standard InChI is InChI=1S/C13H18ClNO2/c1-17-13-11(14)5-4-10(12(13)16)7-9-3-2-6-15-8-9/h4-5,9,15-16H,2-3,6-8H2,1H3. The van der Waals surface area contributed by atoms with Gasteiger partial charge in [-0.25, -0.2) is 0 Å². The quantitative estimate of drug-likeness (QED) is 0.872. The second-order valence-electron chi connectivity index (χ2n) is 4.50. The molecule has 0 aromatic heterocycles. The molecule has 1 saturated heterocycles. The molecule has 1 heterocycles. The summed E-state index contributed by atoms with van der Waals surface area (Å²) in [5, 5.41) is 13.9. The summed E-state index contributed by atoms with van der Waals surface area (Å²) in [4.78, 5) is 0. The predicted octanol–water partition coefficient (Wildman–Crippen LogP) is 2.60. The van der Waals surface area contributed by atoms with Gasteiger partial charge < -0.3 is 15.2 Å². The number of nitrogens with one attached hydrogen (secondary N) is 1. The van der Waals surface area contributed by atoms with Crippen molar-refractivity contribution in [2.75, 3.05) is 20.2 Å². The second-order valence-corrected chi connectivity index (χ2v) is 4.91. The third kappa shape index (κ3) is 2.85. The molecule has 4 heteroatoms. The topological polar surface area (TPSA) is 41.5 Å². The van der Waals surface area contributed by atoms with Crippen LogP contribution in [0.25, 0.3) is 0 Å². The summed E-state index contributed by atoms with van der Waals surface area (Å²) in [6.07, 6.45) is 3.28. The first-order valence-electron chi connectivity index (χ1n) is 5.97. The zero-order valence-electron chi connectivity index (χ0n) is 10.0. The third-order valence-electron chi connectivity index (χ3n) is 3.28. The highest BCUT2D eigenvalue weighted by molar-refractivity contribution is 6.32. The minimum absolute atomic E-state index is 0.186. The summed E-state index contributed by atoms with van der Waals surface area (Å²) in [6, 6.07) is 3.67. The molecule has 1 atom stereocenters. The van der Waals surface area contributed by atoms with Crippen LogP contribution < -0.4 is 10.1 Å². The molecule has 0 bridgehead atoms. The number of hydrogen-bond donors (Lipinski definition) is 2. The van der Waals surface area contributed by atoms with Gasteiger partial charge in [-0.05, 0) is 49.9 Å². The molecule has 0 saturated carbocycles. The maximum Gasteiger partial charge on any atom is 0.179 e. The Labute approximate surface area is 107 Å². The summed E-state index contributed by atoms with van der Waals surface area (Å²) in [5.74, 6) is 1.15. The summed E-state index contributed by atoms with van der Waals surface area (Å²) in [7, 11) is 1.52. The molecule has 1 fully saturated rings. The van der Waals surface area contributed by atoms with E-state index in [2.05, 4.69) is 5.32 Å². The Morgan fingerprint density at radius 3 is 3.00 bits per heavy atom. The van der Waals surface area contributed by atoms with Gasteiger partial charge >= 0.3 is 0 Å². The molecule has 1 aromatic rings. The molecule has 1 unspecified atom stereocenters. The molecule has 0 aliphatic carbocycles. The molecule has 2 rings (SSSR count). The van der Waals surface area contributed by atoms with Crippen molar-refractivity contribution in [1.82, 2.24) is 5.32 Å². The molecule has 1 aromatic carbocycles. The first-order valence-corrected chi connectivity index (χ1v) is 6.35. The number of hydrogen-bond acceptors (Lipinski definition) is 3. The van der Waals surface area contributed by atoms with E-state index in [-0.39, 0.29) is 5.75 Å². The Bertz CT molecular complexity index is 389. The normalized spacial score (nSPS) is 20.2. The van der Waals surface area contributed by atoms with Crippen LogP contribution in [0.5, 0.6) is 11.5 Å². The lowest BCUT2D eigenvalue weighted by Crippen LogP contribution is -2.30. The Morgan fingerprint density at radius 2 is 2.35 bits per heavy atom. The van der Waals surface area contributed by atoms with Gasteiger partial charge in [-0.2, -0.15) is 0 Å². The van der Waals surface area contributed by atoms with Crippen molar-refractivity contribution < 1.29 is 9.84 Å². The Balaban J connectivity index is 2.15. The van der Waals surface area contributed by atoms with Gasteiger partial charge in [0.25, 0.3) is 0 Å². The van der Waals surface area contributed by atoms with Crippen molar-refractivity contribution in [3.63, 3.8) is 0 Å². The molecular weight excluding hydrogens is 238 g/mol. The molecule has 17 heavy (non-hydrogen) atoms. The van der Waals surface area contributed by atoms with Crippen LogP contribution in [0.4, 0.5) is 0 Å². The molecule has 0 radical (unpaired) electrons. The number of methoxy groups -OCH3 is 1. The molecule has 1 aliphatic rings. The van der Waals surface area contributed by atoms with E-state index in [4.69, 9.17) is 16.3 Å². The van der Waals surface area contributed by atoms with E-state index in [0.717, 1.165) is 25.1 Å². The minimum Gasteiger partial charge on any atom is -0.504 e. The van der Waals surface area contributed by atoms with E-state index in [9.17, 15) is 5.11 Å². The SMILES string of the molecule is COc1c(Cl)ccc(CC2CCCNC2)c1O. The maximum absolute atomic E-state index is 10.1. The van der Waals surface area contributed by atoms with Crippen LogP contribution in [0, 0.1) is 5.92 Å². The Morgan fingerprint density at radius 1 is 1.53 bits per heavy atom. The van der Waals surface area contributed by atoms with Gasteiger partial charge in [0.05, 0.1) is 12.1 Å². The molecule has 0 spiro atoms. The van der Waals surface area contributed by atoms with Crippen LogP contribution in [0.15, 0.2) is 12.1 Å². The average molecular weight is 256 g/mol. The lowest BCUT2D eigenvalue weighted by molar-refractivity contribution is 0.354. The summed E-state index contributed by atoms with van der Waals surface area (Å²) < 4.78 is 5.11. The monoisotopic (exact) mass is 255 g/mol. The maximum atomic E-state index is 10.1. The molecule has 2 N–H and O–H groups in total. The van der Waals surface area contributed by atoms with Gasteiger partial charge in [0, 0.05) is 0 Å². The van der Waals surface area contributed by atoms with Gasteiger partial charge in [0.15, 0.2) is 11.5 Å².